The fraction of sp³-hybridized carbons (Fsp3) is 0.468. The van der Waals surface area contributed by atoms with Crippen molar-refractivity contribution in [3.8, 4) is 80.1 Å². The minimum absolute atomic E-state index is 0.0873. The smallest absolute Gasteiger partial charge is 0.330 e. The van der Waals surface area contributed by atoms with Crippen molar-refractivity contribution in [1.82, 2.24) is 47.9 Å². The lowest BCUT2D eigenvalue weighted by Gasteiger charge is -2.44. The van der Waals surface area contributed by atoms with Gasteiger partial charge in [0.25, 0.3) is 0 Å². The number of carbonyl (C=O) groups excluding carboxylic acids is 7. The molecule has 7 amide bonds. The molecule has 0 aliphatic carbocycles. The molecule has 7 aromatic carbocycles. The second-order valence-electron chi connectivity index (χ2n) is 37.8. The largest absolute Gasteiger partial charge is 0.508 e. The molecule has 3 fully saturated rings. The highest BCUT2D eigenvalue weighted by atomic mass is 35.5. The van der Waals surface area contributed by atoms with Gasteiger partial charge in [-0.15, -0.1) is 0 Å². The number of ether oxygens (including phenoxy) is 9. The number of benzene rings is 7. The van der Waals surface area contributed by atoms with Gasteiger partial charge in [0.2, 0.25) is 59.7 Å². The van der Waals surface area contributed by atoms with Gasteiger partial charge in [-0.3, -0.25) is 33.6 Å². The number of hydrogen-bond acceptors (Lipinski definition) is 33. The third kappa shape index (κ3) is 22.7. The van der Waals surface area contributed by atoms with Crippen molar-refractivity contribution in [2.24, 2.45) is 22.7 Å². The van der Waals surface area contributed by atoms with Crippen molar-refractivity contribution in [2.75, 3.05) is 32.9 Å². The summed E-state index contributed by atoms with van der Waals surface area (Å²) in [5.41, 5.74) is -3.76. The first-order valence-electron chi connectivity index (χ1n) is 44.2. The predicted octanol–water partition coefficient (Wildman–Crippen LogP) is 3.27. The summed E-state index contributed by atoms with van der Waals surface area (Å²) in [5, 5.41) is 196. The van der Waals surface area contributed by atoms with Crippen LogP contribution in [0.5, 0.6) is 69.0 Å². The van der Waals surface area contributed by atoms with Crippen LogP contribution in [0.1, 0.15) is 150 Å². The minimum atomic E-state index is -2.57. The molecule has 0 saturated carbocycles. The van der Waals surface area contributed by atoms with Crippen molar-refractivity contribution < 1.29 is 158 Å². The van der Waals surface area contributed by atoms with Gasteiger partial charge in [0, 0.05) is 42.2 Å². The number of carboxylic acid groups (broad SMARTS) is 1. The number of aliphatic hydroxyl groups excluding tert-OH is 10. The first-order valence-corrected chi connectivity index (χ1v) is 45.0. The number of carboxylic acids is 1. The van der Waals surface area contributed by atoms with Gasteiger partial charge in [0.05, 0.1) is 35.9 Å². The molecule has 17 bridgehead atoms. The van der Waals surface area contributed by atoms with Gasteiger partial charge in [-0.1, -0.05) is 103 Å². The highest BCUT2D eigenvalue weighted by Gasteiger charge is 2.52. The van der Waals surface area contributed by atoms with Crippen LogP contribution < -0.4 is 71.5 Å². The number of phenolic OH excluding ortho intramolecular Hbond substituents is 4. The molecule has 9 aliphatic heterocycles. The van der Waals surface area contributed by atoms with E-state index in [2.05, 4.69) is 47.9 Å². The second-order valence-corrected chi connectivity index (χ2v) is 38.6. The molecular weight excluding hydrogens is 1840 g/mol. The van der Waals surface area contributed by atoms with Crippen LogP contribution >= 0.6 is 23.2 Å². The second kappa shape index (κ2) is 41.6. The van der Waals surface area contributed by atoms with E-state index in [0.717, 1.165) is 79.7 Å². The molecule has 0 aromatic heterocycles. The molecule has 2 unspecified atom stereocenters. The molecule has 738 valence electrons. The first kappa shape index (κ1) is 101. The quantitative estimate of drug-likeness (QED) is 0.0552. The molecule has 0 spiro atoms. The number of halogens is 2. The van der Waals surface area contributed by atoms with Crippen LogP contribution in [0.4, 0.5) is 0 Å². The number of nitrogens with one attached hydrogen (secondary N) is 9. The topological polar surface area (TPSA) is 631 Å². The van der Waals surface area contributed by atoms with Crippen LogP contribution in [-0.2, 0) is 63.7 Å². The Morgan fingerprint density at radius 3 is 1.61 bits per heavy atom. The maximum atomic E-state index is 17.2. The Hall–Kier alpha value is -11.6. The average Bonchev–Trinajstić information content (AvgIpc) is 0.758. The standard InChI is InChI=1S/C94H111Cl2N9O32/c1-37(30-93(4,5)6)32-97-66-42-12-15-55(113)58(24-42)129-48-21-44(20-46(110)27-48)68-86(124)103-69-45-25-60(130-56-16-10-40(18-51(56)95)19-53(83(121)101-68)100-84(66)122)82(137-90-71(77(117)74(114)62(34-106)133-90)98-33-38(2)31-94(7,8)9)61(26-45)131-57-17-13-43(23-52(57)96)81(136-91-72(99-39(3)109)78(118)75(115)63(35-107)134-91)73-88(126)104-70(89(127)128)50-28-47(111)29-59(132-92-80(120)79(119)76(116)64(36-108)135-92)65(50)49-22-41(11-14-54(49)112)67(85(123)105-73)102-87(69)125/h10-18,20-29,37-38,53,62-64,66-81,90-92,97-98,106-108,110-120H,19,30-36H2,1-9H3,(H,99,109)(H,100,122)(H,101,121)(H,102,125)(H,103,124)(H,104,126)(H,105,123)(H,127,128)/t37?,38?,53-,62-,63-,64-,66+,67-,68+,69-,70+,71-,72-,73+,74-,75-,76-,77-,78-,79+,80+,81-,90+,91+,92+/m1/s1. The molecule has 7 aromatic rings. The van der Waals surface area contributed by atoms with Crippen molar-refractivity contribution in [2.45, 2.75) is 222 Å². The van der Waals surface area contributed by atoms with Crippen LogP contribution in [0.2, 0.25) is 10.0 Å². The van der Waals surface area contributed by atoms with E-state index in [1.165, 1.54) is 42.5 Å². The number of carbonyl (C=O) groups is 8. The van der Waals surface area contributed by atoms with Crippen molar-refractivity contribution in [1.29, 1.82) is 0 Å². The number of aliphatic carboxylic acids is 1. The molecule has 137 heavy (non-hydrogen) atoms. The number of fused-ring (bicyclic) bond motifs is 14. The molecule has 43 heteroatoms. The predicted molar refractivity (Wildman–Crippen MR) is 481 cm³/mol. The SMILES string of the molecule is CC(=O)N[C@H]1[C@H](O[C@@H]2c3ccc(c(Cl)c3)Oc3cc4cc(c3O[C@@H]3O[C@H](CO)[C@@H](O)[C@H](O)[C@H]3NCC(C)CC(C)(C)C)Oc3ccc(cc3Cl)C[C@H]3NC(=O)[C@@H](NCC(C)CC(C)(C)C)c5ccc(O)c(c5)Oc5cc(O)cc(c5)[C@H](NC3=O)C(=O)N[C@H]4C(=O)N[C@H]3C(=O)N[C@@H]2C(=O)N[C@H](C(=O)O)c2cc(O)cc(O[C@H]4O[C@H](CO)[C@@H](O)[C@H](O)[C@@H]4O)c2-c2cc3ccc2O)O[C@H](CO)[C@@H](O)[C@@H]1O. The molecule has 24 N–H and O–H groups in total. The fourth-order valence-corrected chi connectivity index (χ4v) is 18.6. The van der Waals surface area contributed by atoms with Gasteiger partial charge in [-0.2, -0.15) is 0 Å². The highest BCUT2D eigenvalue weighted by Crippen LogP contribution is 2.51. The zero-order valence-corrected chi connectivity index (χ0v) is 77.0. The van der Waals surface area contributed by atoms with Crippen LogP contribution in [0.3, 0.4) is 0 Å². The lowest BCUT2D eigenvalue weighted by Crippen LogP contribution is -2.65. The highest BCUT2D eigenvalue weighted by molar-refractivity contribution is 6.32. The summed E-state index contributed by atoms with van der Waals surface area (Å²) in [6, 6.07) is 2.74. The van der Waals surface area contributed by atoms with Gasteiger partial charge in [-0.25, -0.2) is 4.79 Å². The Bertz CT molecular complexity index is 5710. The number of hydrogen-bond donors (Lipinski definition) is 24. The van der Waals surface area contributed by atoms with E-state index in [4.69, 9.17) is 65.8 Å². The number of aromatic hydroxyl groups is 4. The van der Waals surface area contributed by atoms with Crippen molar-refractivity contribution in [3.05, 3.63) is 164 Å². The van der Waals surface area contributed by atoms with Gasteiger partial charge in [-0.05, 0) is 161 Å². The van der Waals surface area contributed by atoms with E-state index < -0.39 is 299 Å². The van der Waals surface area contributed by atoms with Gasteiger partial charge < -0.3 is 167 Å². The third-order valence-corrected chi connectivity index (χ3v) is 25.0. The zero-order valence-electron chi connectivity index (χ0n) is 75.5. The lowest BCUT2D eigenvalue weighted by molar-refractivity contribution is -0.284. The first-order chi connectivity index (χ1) is 64.7. The summed E-state index contributed by atoms with van der Waals surface area (Å²) in [6.07, 6.45) is -27.1. The van der Waals surface area contributed by atoms with Crippen LogP contribution in [0.15, 0.2) is 115 Å². The Morgan fingerprint density at radius 2 is 1.01 bits per heavy atom. The molecule has 3 saturated heterocycles. The molecule has 25 atom stereocenters. The van der Waals surface area contributed by atoms with Crippen molar-refractivity contribution >= 4 is 70.5 Å². The van der Waals surface area contributed by atoms with E-state index in [1.807, 2.05) is 55.4 Å². The summed E-state index contributed by atoms with van der Waals surface area (Å²) >= 11 is 14.9. The Morgan fingerprint density at radius 1 is 0.482 bits per heavy atom. The molecule has 9 aliphatic rings. The van der Waals surface area contributed by atoms with Gasteiger partial charge >= 0.3 is 5.97 Å². The lowest BCUT2D eigenvalue weighted by atomic mass is 9.85. The van der Waals surface area contributed by atoms with Gasteiger partial charge in [0.15, 0.2) is 35.3 Å². The number of phenols is 4. The number of rotatable bonds is 19. The summed E-state index contributed by atoms with van der Waals surface area (Å²) in [5.74, 6) is -18.0. The Labute approximate surface area is 793 Å². The van der Waals surface area contributed by atoms with E-state index >= 15 is 28.8 Å². The number of amides is 7. The molecule has 9 heterocycles. The van der Waals surface area contributed by atoms with Gasteiger partial charge in [0.1, 0.15) is 150 Å². The summed E-state index contributed by atoms with van der Waals surface area (Å²) in [7, 11) is 0. The normalized spacial score (nSPS) is 29.0. The van der Waals surface area contributed by atoms with Crippen LogP contribution in [-0.4, -0.2) is 261 Å². The zero-order chi connectivity index (χ0) is 99.2. The Kier molecular flexibility index (Phi) is 30.8. The fourth-order valence-electron chi connectivity index (χ4n) is 18.2. The molecule has 16 rings (SSSR count). The van der Waals surface area contributed by atoms with Crippen molar-refractivity contribution in [3.63, 3.8) is 0 Å². The van der Waals surface area contributed by atoms with E-state index in [1.54, 1.807) is 0 Å². The van der Waals surface area contributed by atoms with Crippen LogP contribution in [0, 0.1) is 22.7 Å². The molecule has 0 radical (unpaired) electrons. The summed E-state index contributed by atoms with van der Waals surface area (Å²) < 4.78 is 58.4. The third-order valence-electron chi connectivity index (χ3n) is 24.4. The number of aliphatic hydroxyl groups is 10. The minimum Gasteiger partial charge on any atom is -0.508 e. The Balaban J connectivity index is 1.04. The van der Waals surface area contributed by atoms with E-state index in [-0.39, 0.29) is 80.3 Å². The van der Waals surface area contributed by atoms with E-state index in [0.29, 0.717) is 12.8 Å². The van der Waals surface area contributed by atoms with Crippen LogP contribution in [0.25, 0.3) is 11.1 Å². The maximum absolute atomic E-state index is 17.2. The van der Waals surface area contributed by atoms with E-state index in [9.17, 15) is 86.2 Å². The summed E-state index contributed by atoms with van der Waals surface area (Å²) in [6.45, 7) is 14.3. The monoisotopic (exact) mass is 1950 g/mol. The molecule has 41 nitrogen and oxygen atoms in total. The summed E-state index contributed by atoms with van der Waals surface area (Å²) in [4.78, 5) is 126. The maximum Gasteiger partial charge on any atom is 0.330 e. The molecular formula is C94H111Cl2N9O32. The average molecular weight is 1950 g/mol.